The molecule has 0 bridgehead atoms. The van der Waals surface area contributed by atoms with Crippen LogP contribution in [0, 0.1) is 13.8 Å². The molecule has 0 fully saturated rings. The number of benzene rings is 1. The summed E-state index contributed by atoms with van der Waals surface area (Å²) in [5, 5.41) is 11.2. The smallest absolute Gasteiger partial charge is 0.191 e. The molecule has 25 heavy (non-hydrogen) atoms. The van der Waals surface area contributed by atoms with E-state index in [1.54, 1.807) is 0 Å². The topological polar surface area (TPSA) is 54.2 Å². The highest BCUT2D eigenvalue weighted by Gasteiger charge is 2.08. The number of aryl methyl sites for hydroxylation is 3. The maximum absolute atomic E-state index is 4.72. The number of nitrogens with zero attached hydrogens (tertiary/aromatic N) is 3. The summed E-state index contributed by atoms with van der Waals surface area (Å²) in [5.41, 5.74) is 6.16. The van der Waals surface area contributed by atoms with Gasteiger partial charge in [0.1, 0.15) is 0 Å². The molecule has 0 radical (unpaired) electrons. The molecule has 2 N–H and O–H groups in total. The van der Waals surface area contributed by atoms with Crippen molar-refractivity contribution in [1.29, 1.82) is 0 Å². The number of aliphatic imine (C=N–C) groups is 1. The zero-order valence-electron chi connectivity index (χ0n) is 16.2. The van der Waals surface area contributed by atoms with Gasteiger partial charge in [0.25, 0.3) is 0 Å². The molecule has 0 saturated carbocycles. The number of nitrogens with one attached hydrogen (secondary N) is 2. The van der Waals surface area contributed by atoms with Crippen LogP contribution in [0.3, 0.4) is 0 Å². The van der Waals surface area contributed by atoms with Gasteiger partial charge >= 0.3 is 0 Å². The van der Waals surface area contributed by atoms with Crippen molar-refractivity contribution in [1.82, 2.24) is 20.4 Å². The summed E-state index contributed by atoms with van der Waals surface area (Å²) >= 11 is 0. The Bertz CT molecular complexity index is 698. The molecule has 5 heteroatoms. The summed E-state index contributed by atoms with van der Waals surface area (Å²) in [6.45, 7) is 10.8. The van der Waals surface area contributed by atoms with Crippen molar-refractivity contribution in [2.75, 3.05) is 13.1 Å². The first-order chi connectivity index (χ1) is 12.0. The van der Waals surface area contributed by atoms with Crippen molar-refractivity contribution in [3.05, 3.63) is 52.3 Å². The molecule has 1 aromatic carbocycles. The second-order valence-electron chi connectivity index (χ2n) is 6.31. The minimum Gasteiger partial charge on any atom is -0.357 e. The van der Waals surface area contributed by atoms with Crippen molar-refractivity contribution < 1.29 is 0 Å². The first-order valence-corrected chi connectivity index (χ1v) is 9.14. The minimum atomic E-state index is 0.645. The highest BCUT2D eigenvalue weighted by Crippen LogP contribution is 2.12. The molecular formula is C20H31N5. The molecule has 2 rings (SSSR count). The highest BCUT2D eigenvalue weighted by molar-refractivity contribution is 5.79. The van der Waals surface area contributed by atoms with Crippen LogP contribution in [0.5, 0.6) is 0 Å². The van der Waals surface area contributed by atoms with Crippen molar-refractivity contribution in [2.24, 2.45) is 12.0 Å². The van der Waals surface area contributed by atoms with E-state index in [0.29, 0.717) is 6.54 Å². The summed E-state index contributed by atoms with van der Waals surface area (Å²) in [6.07, 6.45) is 2.07. The van der Waals surface area contributed by atoms with Crippen molar-refractivity contribution >= 4 is 5.96 Å². The van der Waals surface area contributed by atoms with Crippen LogP contribution >= 0.6 is 0 Å². The van der Waals surface area contributed by atoms with Gasteiger partial charge in [-0.05, 0) is 44.7 Å². The van der Waals surface area contributed by atoms with E-state index in [-0.39, 0.29) is 0 Å². The lowest BCUT2D eigenvalue weighted by Crippen LogP contribution is -2.38. The molecular weight excluding hydrogens is 310 g/mol. The first-order valence-electron chi connectivity index (χ1n) is 9.14. The second-order valence-corrected chi connectivity index (χ2v) is 6.31. The van der Waals surface area contributed by atoms with Crippen molar-refractivity contribution in [3.8, 4) is 0 Å². The van der Waals surface area contributed by atoms with Gasteiger partial charge in [0.05, 0.1) is 12.2 Å². The number of aromatic nitrogens is 2. The number of rotatable bonds is 7. The summed E-state index contributed by atoms with van der Waals surface area (Å²) < 4.78 is 1.92. The molecule has 0 aliphatic heterocycles. The molecule has 5 nitrogen and oxygen atoms in total. The zero-order chi connectivity index (χ0) is 18.2. The van der Waals surface area contributed by atoms with E-state index in [2.05, 4.69) is 60.8 Å². The predicted octanol–water partition coefficient (Wildman–Crippen LogP) is 2.90. The normalized spacial score (nSPS) is 11.6. The Morgan fingerprint density at radius 3 is 2.32 bits per heavy atom. The Morgan fingerprint density at radius 1 is 1.08 bits per heavy atom. The van der Waals surface area contributed by atoms with Crippen molar-refractivity contribution in [2.45, 2.75) is 47.1 Å². The molecule has 2 aromatic rings. The van der Waals surface area contributed by atoms with E-state index in [0.717, 1.165) is 37.6 Å². The third kappa shape index (κ3) is 5.34. The standard InChI is InChI=1S/C20H31N5/c1-6-17-8-10-18(11-9-17)12-13-22-20(21-7-2)23-14-19-15(3)24-25(5)16(19)4/h8-11H,6-7,12-14H2,1-5H3,(H2,21,22,23). The average Bonchev–Trinajstić information content (AvgIpc) is 2.85. The SMILES string of the molecule is CCNC(=NCc1c(C)nn(C)c1C)NCCc1ccc(CC)cc1. The average molecular weight is 342 g/mol. The van der Waals surface area contributed by atoms with E-state index in [4.69, 9.17) is 4.99 Å². The molecule has 1 heterocycles. The number of hydrogen-bond donors (Lipinski definition) is 2. The van der Waals surface area contributed by atoms with E-state index >= 15 is 0 Å². The van der Waals surface area contributed by atoms with Crippen LogP contribution in [0.15, 0.2) is 29.3 Å². The second kappa shape index (κ2) is 9.25. The van der Waals surface area contributed by atoms with Gasteiger partial charge in [-0.2, -0.15) is 5.10 Å². The fourth-order valence-electron chi connectivity index (χ4n) is 2.81. The molecule has 0 aliphatic carbocycles. The van der Waals surface area contributed by atoms with Crippen LogP contribution in [-0.2, 0) is 26.4 Å². The van der Waals surface area contributed by atoms with Crippen LogP contribution in [0.4, 0.5) is 0 Å². The number of guanidine groups is 1. The summed E-state index contributed by atoms with van der Waals surface area (Å²) in [4.78, 5) is 4.72. The largest absolute Gasteiger partial charge is 0.357 e. The van der Waals surface area contributed by atoms with Gasteiger partial charge in [-0.1, -0.05) is 31.2 Å². The van der Waals surface area contributed by atoms with Crippen molar-refractivity contribution in [3.63, 3.8) is 0 Å². The van der Waals surface area contributed by atoms with Crippen LogP contribution < -0.4 is 10.6 Å². The van der Waals surface area contributed by atoms with E-state index in [1.165, 1.54) is 22.4 Å². The Morgan fingerprint density at radius 2 is 1.76 bits per heavy atom. The third-order valence-corrected chi connectivity index (χ3v) is 4.54. The molecule has 0 aliphatic rings. The molecule has 1 aromatic heterocycles. The van der Waals surface area contributed by atoms with E-state index < -0.39 is 0 Å². The van der Waals surface area contributed by atoms with Crippen LogP contribution in [0.2, 0.25) is 0 Å². The van der Waals surface area contributed by atoms with Gasteiger partial charge in [-0.25, -0.2) is 4.99 Å². The molecule has 0 spiro atoms. The molecule has 0 amide bonds. The molecule has 0 unspecified atom stereocenters. The maximum Gasteiger partial charge on any atom is 0.191 e. The summed E-state index contributed by atoms with van der Waals surface area (Å²) in [5.74, 6) is 0.857. The van der Waals surface area contributed by atoms with Gasteiger partial charge in [-0.3, -0.25) is 4.68 Å². The molecule has 136 valence electrons. The summed E-state index contributed by atoms with van der Waals surface area (Å²) in [6, 6.07) is 8.85. The van der Waals surface area contributed by atoms with Gasteiger partial charge in [0.15, 0.2) is 5.96 Å². The van der Waals surface area contributed by atoms with Crippen LogP contribution in [-0.4, -0.2) is 28.8 Å². The third-order valence-electron chi connectivity index (χ3n) is 4.54. The fraction of sp³-hybridized carbons (Fsp3) is 0.500. The maximum atomic E-state index is 4.72. The zero-order valence-corrected chi connectivity index (χ0v) is 16.2. The molecule has 0 atom stereocenters. The van der Waals surface area contributed by atoms with Crippen LogP contribution in [0.25, 0.3) is 0 Å². The lowest BCUT2D eigenvalue weighted by atomic mass is 10.1. The Labute approximate surface area is 151 Å². The van der Waals surface area contributed by atoms with E-state index in [1.807, 2.05) is 18.7 Å². The molecule has 0 saturated heterocycles. The minimum absolute atomic E-state index is 0.645. The Hall–Kier alpha value is -2.30. The van der Waals surface area contributed by atoms with Gasteiger partial charge < -0.3 is 10.6 Å². The predicted molar refractivity (Wildman–Crippen MR) is 105 cm³/mol. The fourth-order valence-corrected chi connectivity index (χ4v) is 2.81. The van der Waals surface area contributed by atoms with Gasteiger partial charge in [-0.15, -0.1) is 0 Å². The van der Waals surface area contributed by atoms with Crippen LogP contribution in [0.1, 0.15) is 41.9 Å². The monoisotopic (exact) mass is 341 g/mol. The lowest BCUT2D eigenvalue weighted by molar-refractivity contribution is 0.730. The van der Waals surface area contributed by atoms with E-state index in [9.17, 15) is 0 Å². The first kappa shape index (κ1) is 19.0. The van der Waals surface area contributed by atoms with Gasteiger partial charge in [0, 0.05) is 31.4 Å². The number of hydrogen-bond acceptors (Lipinski definition) is 2. The highest BCUT2D eigenvalue weighted by atomic mass is 15.3. The lowest BCUT2D eigenvalue weighted by Gasteiger charge is -2.11. The summed E-state index contributed by atoms with van der Waals surface area (Å²) in [7, 11) is 1.98. The Kier molecular flexibility index (Phi) is 7.04. The van der Waals surface area contributed by atoms with Gasteiger partial charge in [0.2, 0.25) is 0 Å². The Balaban J connectivity index is 1.92. The quantitative estimate of drug-likeness (QED) is 0.601.